The average molecular weight is 445 g/mol. The fourth-order valence-corrected chi connectivity index (χ4v) is 3.69. The Bertz CT molecular complexity index is 908. The molecule has 2 aromatic rings. The van der Waals surface area contributed by atoms with E-state index in [1.807, 2.05) is 32.0 Å². The molecule has 1 fully saturated rings. The molecule has 1 aliphatic heterocycles. The Kier molecular flexibility index (Phi) is 7.80. The number of nitrogens with zero attached hydrogens (tertiary/aromatic N) is 1. The summed E-state index contributed by atoms with van der Waals surface area (Å²) in [6.45, 7) is 6.88. The summed E-state index contributed by atoms with van der Waals surface area (Å²) in [6, 6.07) is 12.8. The Hall–Kier alpha value is -2.73. The second-order valence-electron chi connectivity index (χ2n) is 7.87. The van der Waals surface area contributed by atoms with Crippen molar-refractivity contribution in [3.63, 3.8) is 0 Å². The van der Waals surface area contributed by atoms with Gasteiger partial charge in [0.15, 0.2) is 12.7 Å². The summed E-state index contributed by atoms with van der Waals surface area (Å²) >= 11 is 5.88. The maximum Gasteiger partial charge on any atom is 0.263 e. The Balaban J connectivity index is 1.41. The zero-order valence-electron chi connectivity index (χ0n) is 18.2. The van der Waals surface area contributed by atoms with Crippen LogP contribution in [0.25, 0.3) is 0 Å². The molecule has 0 bridgehead atoms. The van der Waals surface area contributed by atoms with Crippen molar-refractivity contribution < 1.29 is 19.1 Å². The van der Waals surface area contributed by atoms with Gasteiger partial charge in [-0.05, 0) is 75.1 Å². The lowest BCUT2D eigenvalue weighted by molar-refractivity contribution is -0.139. The maximum absolute atomic E-state index is 12.7. The highest BCUT2D eigenvalue weighted by Crippen LogP contribution is 2.21. The van der Waals surface area contributed by atoms with E-state index in [0.29, 0.717) is 36.7 Å². The highest BCUT2D eigenvalue weighted by molar-refractivity contribution is 6.30. The second-order valence-corrected chi connectivity index (χ2v) is 8.30. The van der Waals surface area contributed by atoms with Gasteiger partial charge >= 0.3 is 0 Å². The van der Waals surface area contributed by atoms with E-state index in [-0.39, 0.29) is 24.5 Å². The Labute approximate surface area is 188 Å². The highest BCUT2D eigenvalue weighted by Gasteiger charge is 2.27. The molecule has 0 saturated carbocycles. The number of amides is 2. The molecule has 1 N–H and O–H groups in total. The minimum atomic E-state index is -0.585. The van der Waals surface area contributed by atoms with Crippen molar-refractivity contribution in [3.8, 4) is 11.5 Å². The van der Waals surface area contributed by atoms with E-state index in [1.165, 1.54) is 0 Å². The third kappa shape index (κ3) is 6.37. The van der Waals surface area contributed by atoms with Gasteiger partial charge in [0, 0.05) is 24.2 Å². The van der Waals surface area contributed by atoms with Crippen LogP contribution in [0, 0.1) is 13.8 Å². The molecule has 1 heterocycles. The number of aryl methyl sites for hydroxylation is 1. The monoisotopic (exact) mass is 444 g/mol. The number of likely N-dealkylation sites (tertiary alicyclic amines) is 1. The lowest BCUT2D eigenvalue weighted by atomic mass is 10.0. The lowest BCUT2D eigenvalue weighted by Crippen LogP contribution is -2.50. The van der Waals surface area contributed by atoms with E-state index in [0.717, 1.165) is 16.9 Å². The largest absolute Gasteiger partial charge is 0.483 e. The summed E-state index contributed by atoms with van der Waals surface area (Å²) in [6.07, 6.45) is 0.821. The Morgan fingerprint density at radius 1 is 1.13 bits per heavy atom. The average Bonchev–Trinajstić information content (AvgIpc) is 2.76. The van der Waals surface area contributed by atoms with Crippen LogP contribution in [0.1, 0.15) is 30.9 Å². The molecule has 166 valence electrons. The molecule has 6 nitrogen and oxygen atoms in total. The van der Waals surface area contributed by atoms with Gasteiger partial charge in [0.25, 0.3) is 11.8 Å². The molecule has 2 aromatic carbocycles. The van der Waals surface area contributed by atoms with Crippen LogP contribution in [-0.2, 0) is 9.59 Å². The van der Waals surface area contributed by atoms with Gasteiger partial charge in [-0.25, -0.2) is 0 Å². The van der Waals surface area contributed by atoms with Gasteiger partial charge in [-0.3, -0.25) is 9.59 Å². The first-order valence-corrected chi connectivity index (χ1v) is 10.9. The minimum Gasteiger partial charge on any atom is -0.483 e. The predicted octanol–water partition coefficient (Wildman–Crippen LogP) is 3.91. The van der Waals surface area contributed by atoms with E-state index >= 15 is 0 Å². The first kappa shape index (κ1) is 22.9. The van der Waals surface area contributed by atoms with Gasteiger partial charge in [0.05, 0.1) is 0 Å². The molecule has 31 heavy (non-hydrogen) atoms. The molecule has 1 atom stereocenters. The highest BCUT2D eigenvalue weighted by atomic mass is 35.5. The van der Waals surface area contributed by atoms with Crippen LogP contribution in [0.5, 0.6) is 11.5 Å². The zero-order chi connectivity index (χ0) is 22.4. The van der Waals surface area contributed by atoms with E-state index in [1.54, 1.807) is 36.1 Å². The zero-order valence-corrected chi connectivity index (χ0v) is 18.9. The predicted molar refractivity (Wildman–Crippen MR) is 121 cm³/mol. The van der Waals surface area contributed by atoms with E-state index in [2.05, 4.69) is 5.32 Å². The molecule has 3 rings (SSSR count). The van der Waals surface area contributed by atoms with Crippen molar-refractivity contribution in [1.82, 2.24) is 10.2 Å². The molecule has 0 aromatic heterocycles. The smallest absolute Gasteiger partial charge is 0.263 e. The van der Waals surface area contributed by atoms with Crippen LogP contribution in [-0.4, -0.2) is 48.6 Å². The van der Waals surface area contributed by atoms with Crippen LogP contribution in [0.3, 0.4) is 0 Å². The van der Waals surface area contributed by atoms with Crippen molar-refractivity contribution in [3.05, 3.63) is 58.6 Å². The topological polar surface area (TPSA) is 67.9 Å². The normalized spacial score (nSPS) is 15.3. The number of rotatable bonds is 7. The van der Waals surface area contributed by atoms with Crippen molar-refractivity contribution in [2.75, 3.05) is 19.7 Å². The number of piperidine rings is 1. The fraction of sp³-hybridized carbons (Fsp3) is 0.417. The van der Waals surface area contributed by atoms with E-state index in [9.17, 15) is 9.59 Å². The number of ether oxygens (including phenoxy) is 2. The van der Waals surface area contributed by atoms with Gasteiger partial charge < -0.3 is 19.7 Å². The van der Waals surface area contributed by atoms with Gasteiger partial charge in [-0.15, -0.1) is 0 Å². The lowest BCUT2D eigenvalue weighted by Gasteiger charge is -2.33. The number of carbonyl (C=O) groups excluding carboxylic acids is 2. The van der Waals surface area contributed by atoms with Crippen LogP contribution in [0.15, 0.2) is 42.5 Å². The molecule has 1 unspecified atom stereocenters. The van der Waals surface area contributed by atoms with Crippen LogP contribution in [0.4, 0.5) is 0 Å². The van der Waals surface area contributed by atoms with Crippen LogP contribution in [0.2, 0.25) is 5.02 Å². The summed E-state index contributed by atoms with van der Waals surface area (Å²) in [5.74, 6) is 1.13. The fourth-order valence-electron chi connectivity index (χ4n) is 3.56. The maximum atomic E-state index is 12.7. The molecular formula is C24H29ClN2O4. The third-order valence-electron chi connectivity index (χ3n) is 5.56. The third-order valence-corrected chi connectivity index (χ3v) is 5.81. The summed E-state index contributed by atoms with van der Waals surface area (Å²) in [5, 5.41) is 3.63. The number of hydrogen-bond donors (Lipinski definition) is 1. The van der Waals surface area contributed by atoms with Crippen molar-refractivity contribution in [1.29, 1.82) is 0 Å². The number of nitrogens with one attached hydrogen (secondary N) is 1. The molecule has 2 amide bonds. The number of halogens is 1. The molecule has 0 aliphatic carbocycles. The number of benzene rings is 2. The summed E-state index contributed by atoms with van der Waals surface area (Å²) in [5.41, 5.74) is 2.17. The van der Waals surface area contributed by atoms with Crippen molar-refractivity contribution in [2.24, 2.45) is 0 Å². The molecule has 1 saturated heterocycles. The van der Waals surface area contributed by atoms with Crippen molar-refractivity contribution >= 4 is 23.4 Å². The van der Waals surface area contributed by atoms with Crippen LogP contribution >= 0.6 is 11.6 Å². The van der Waals surface area contributed by atoms with E-state index in [4.69, 9.17) is 21.1 Å². The van der Waals surface area contributed by atoms with Gasteiger partial charge in [-0.1, -0.05) is 23.7 Å². The van der Waals surface area contributed by atoms with E-state index < -0.39 is 6.10 Å². The standard InChI is InChI=1S/C24H29ClN2O4/c1-16-5-4-6-22(17(16)2)30-15-23(28)26-20-11-13-27(14-12-20)24(29)18(3)31-21-9-7-19(25)8-10-21/h4-10,18,20H,11-15H2,1-3H3,(H,26,28). The summed E-state index contributed by atoms with van der Waals surface area (Å²) in [7, 11) is 0. The van der Waals surface area contributed by atoms with Crippen molar-refractivity contribution in [2.45, 2.75) is 45.8 Å². The molecule has 7 heteroatoms. The molecular weight excluding hydrogens is 416 g/mol. The second kappa shape index (κ2) is 10.5. The SMILES string of the molecule is Cc1cccc(OCC(=O)NC2CCN(C(=O)C(C)Oc3ccc(Cl)cc3)CC2)c1C. The number of carbonyl (C=O) groups is 2. The number of hydrogen-bond acceptors (Lipinski definition) is 4. The Morgan fingerprint density at radius 3 is 2.48 bits per heavy atom. The summed E-state index contributed by atoms with van der Waals surface area (Å²) < 4.78 is 11.4. The van der Waals surface area contributed by atoms with Crippen LogP contribution < -0.4 is 14.8 Å². The van der Waals surface area contributed by atoms with Gasteiger partial charge in [0.2, 0.25) is 0 Å². The Morgan fingerprint density at radius 2 is 1.81 bits per heavy atom. The molecule has 0 spiro atoms. The first-order valence-electron chi connectivity index (χ1n) is 10.5. The van der Waals surface area contributed by atoms with Gasteiger partial charge in [0.1, 0.15) is 11.5 Å². The quantitative estimate of drug-likeness (QED) is 0.703. The summed E-state index contributed by atoms with van der Waals surface area (Å²) in [4.78, 5) is 26.8. The first-order chi connectivity index (χ1) is 14.8. The molecule has 0 radical (unpaired) electrons. The molecule has 1 aliphatic rings. The van der Waals surface area contributed by atoms with Gasteiger partial charge in [-0.2, -0.15) is 0 Å². The minimum absolute atomic E-state index is 0.0184.